The summed E-state index contributed by atoms with van der Waals surface area (Å²) in [5.74, 6) is -2.79. The monoisotopic (exact) mass is 391 g/mol. The van der Waals surface area contributed by atoms with Crippen LogP contribution < -0.4 is 10.6 Å². The van der Waals surface area contributed by atoms with Crippen molar-refractivity contribution in [2.45, 2.75) is 44.4 Å². The highest BCUT2D eigenvalue weighted by Crippen LogP contribution is 2.54. The topological polar surface area (TPSA) is 98.7 Å². The van der Waals surface area contributed by atoms with Crippen LogP contribution in [0.5, 0.6) is 0 Å². The fourth-order valence-electron chi connectivity index (χ4n) is 4.73. The van der Waals surface area contributed by atoms with Crippen molar-refractivity contribution in [1.82, 2.24) is 10.2 Å². The summed E-state index contributed by atoms with van der Waals surface area (Å²) >= 11 is 6.25. The number of fused-ring (bicyclic) bond motifs is 4. The number of rotatable bonds is 4. The number of para-hydroxylation sites is 1. The molecule has 2 fully saturated rings. The van der Waals surface area contributed by atoms with Crippen LogP contribution in [0.15, 0.2) is 18.2 Å². The van der Waals surface area contributed by atoms with E-state index in [0.717, 1.165) is 6.42 Å². The van der Waals surface area contributed by atoms with E-state index in [9.17, 15) is 19.5 Å². The van der Waals surface area contributed by atoms with Crippen molar-refractivity contribution in [2.24, 2.45) is 11.8 Å². The number of carbonyl (C=O) groups excluding carboxylic acids is 3. The lowest BCUT2D eigenvalue weighted by Gasteiger charge is -2.30. The van der Waals surface area contributed by atoms with E-state index in [4.69, 9.17) is 11.6 Å². The number of likely N-dealkylation sites (tertiary alicyclic amines) is 1. The Bertz CT molecular complexity index is 842. The first-order valence-corrected chi connectivity index (χ1v) is 9.63. The maximum absolute atomic E-state index is 13.2. The van der Waals surface area contributed by atoms with Crippen LogP contribution in [0.4, 0.5) is 5.69 Å². The summed E-state index contributed by atoms with van der Waals surface area (Å²) < 4.78 is 0. The van der Waals surface area contributed by atoms with Gasteiger partial charge in [0.2, 0.25) is 17.7 Å². The van der Waals surface area contributed by atoms with Gasteiger partial charge in [0.25, 0.3) is 0 Å². The smallest absolute Gasteiger partial charge is 0.250 e. The molecule has 7 nitrogen and oxygen atoms in total. The molecule has 144 valence electrons. The molecule has 0 aliphatic carbocycles. The van der Waals surface area contributed by atoms with Crippen molar-refractivity contribution in [1.29, 1.82) is 0 Å². The Labute approximate surface area is 162 Å². The molecule has 1 spiro atoms. The molecule has 0 aromatic heterocycles. The zero-order chi connectivity index (χ0) is 19.5. The Morgan fingerprint density at radius 2 is 2.04 bits per heavy atom. The molecule has 1 aromatic rings. The first kappa shape index (κ1) is 18.4. The van der Waals surface area contributed by atoms with Crippen LogP contribution in [-0.2, 0) is 19.9 Å². The average molecular weight is 392 g/mol. The van der Waals surface area contributed by atoms with Gasteiger partial charge in [-0.05, 0) is 19.4 Å². The van der Waals surface area contributed by atoms with Crippen molar-refractivity contribution < 1.29 is 19.5 Å². The fraction of sp³-hybridized carbons (Fsp3) is 0.526. The molecule has 27 heavy (non-hydrogen) atoms. The van der Waals surface area contributed by atoms with Crippen LogP contribution in [0.3, 0.4) is 0 Å². The molecule has 1 aromatic carbocycles. The number of nitrogens with zero attached hydrogens (tertiary/aromatic N) is 1. The first-order valence-electron chi connectivity index (χ1n) is 9.26. The van der Waals surface area contributed by atoms with E-state index >= 15 is 0 Å². The van der Waals surface area contributed by atoms with Gasteiger partial charge in [-0.3, -0.25) is 24.6 Å². The van der Waals surface area contributed by atoms with Crippen LogP contribution in [-0.4, -0.2) is 46.4 Å². The van der Waals surface area contributed by atoms with Gasteiger partial charge >= 0.3 is 0 Å². The molecule has 2 saturated heterocycles. The van der Waals surface area contributed by atoms with Crippen LogP contribution in [0.1, 0.15) is 32.3 Å². The number of anilines is 1. The van der Waals surface area contributed by atoms with Gasteiger partial charge in [-0.25, -0.2) is 0 Å². The second-order valence-electron chi connectivity index (χ2n) is 7.52. The van der Waals surface area contributed by atoms with E-state index in [-0.39, 0.29) is 11.8 Å². The molecule has 3 unspecified atom stereocenters. The van der Waals surface area contributed by atoms with Gasteiger partial charge in [0, 0.05) is 18.2 Å². The maximum atomic E-state index is 13.2. The zero-order valence-corrected chi connectivity index (χ0v) is 15.9. The van der Waals surface area contributed by atoms with Crippen molar-refractivity contribution in [3.63, 3.8) is 0 Å². The van der Waals surface area contributed by atoms with Gasteiger partial charge in [0.15, 0.2) is 0 Å². The minimum atomic E-state index is -1.40. The molecule has 0 radical (unpaired) electrons. The summed E-state index contributed by atoms with van der Waals surface area (Å²) in [5, 5.41) is 16.6. The third-order valence-corrected chi connectivity index (χ3v) is 6.30. The Balaban J connectivity index is 1.87. The SMILES string of the molecule is CCCCN1C(=O)[C@@H]2C(C(C)O)NC3(C(=O)Nc4c(Cl)cccc43)[C@@H]2C1=O. The predicted molar refractivity (Wildman–Crippen MR) is 99.0 cm³/mol. The maximum Gasteiger partial charge on any atom is 0.250 e. The normalized spacial score (nSPS) is 32.8. The molecule has 0 saturated carbocycles. The Kier molecular flexibility index (Phi) is 4.29. The zero-order valence-electron chi connectivity index (χ0n) is 15.2. The number of halogens is 1. The molecule has 3 N–H and O–H groups in total. The highest BCUT2D eigenvalue weighted by Gasteiger charge is 2.71. The van der Waals surface area contributed by atoms with E-state index in [1.807, 2.05) is 6.92 Å². The second kappa shape index (κ2) is 6.29. The van der Waals surface area contributed by atoms with Crippen LogP contribution in [0.25, 0.3) is 0 Å². The summed E-state index contributed by atoms with van der Waals surface area (Å²) in [6.45, 7) is 3.87. The van der Waals surface area contributed by atoms with Gasteiger partial charge in [0.1, 0.15) is 5.54 Å². The molecule has 8 heteroatoms. The number of amides is 3. The summed E-state index contributed by atoms with van der Waals surface area (Å²) in [6, 6.07) is 4.41. The Hall–Kier alpha value is -1.96. The number of carbonyl (C=O) groups is 3. The Morgan fingerprint density at radius 1 is 1.30 bits per heavy atom. The van der Waals surface area contributed by atoms with Crippen molar-refractivity contribution in [3.05, 3.63) is 28.8 Å². The number of benzene rings is 1. The van der Waals surface area contributed by atoms with Crippen LogP contribution in [0.2, 0.25) is 5.02 Å². The van der Waals surface area contributed by atoms with E-state index in [0.29, 0.717) is 29.2 Å². The molecular weight excluding hydrogens is 370 g/mol. The van der Waals surface area contributed by atoms with E-state index in [2.05, 4.69) is 10.6 Å². The molecule has 3 aliphatic heterocycles. The molecule has 3 heterocycles. The molecular formula is C19H22ClN3O4. The predicted octanol–water partition coefficient (Wildman–Crippen LogP) is 1.24. The number of unbranched alkanes of at least 4 members (excludes halogenated alkanes) is 1. The number of aliphatic hydroxyl groups is 1. The second-order valence-corrected chi connectivity index (χ2v) is 7.93. The summed E-state index contributed by atoms with van der Waals surface area (Å²) in [4.78, 5) is 40.6. The fourth-order valence-corrected chi connectivity index (χ4v) is 4.96. The largest absolute Gasteiger partial charge is 0.392 e. The number of hydrogen-bond donors (Lipinski definition) is 3. The van der Waals surface area contributed by atoms with Crippen LogP contribution >= 0.6 is 11.6 Å². The Morgan fingerprint density at radius 3 is 2.70 bits per heavy atom. The lowest BCUT2D eigenvalue weighted by atomic mass is 9.76. The number of nitrogens with one attached hydrogen (secondary N) is 2. The highest BCUT2D eigenvalue weighted by atomic mass is 35.5. The van der Waals surface area contributed by atoms with E-state index < -0.39 is 35.4 Å². The van der Waals surface area contributed by atoms with Gasteiger partial charge < -0.3 is 10.4 Å². The van der Waals surface area contributed by atoms with Gasteiger partial charge in [0.05, 0.1) is 28.6 Å². The van der Waals surface area contributed by atoms with Gasteiger partial charge in [-0.2, -0.15) is 0 Å². The lowest BCUT2D eigenvalue weighted by molar-refractivity contribution is -0.143. The standard InChI is InChI=1S/C19H22ClN3O4/c1-3-4-8-23-16(25)12-13(17(23)26)19(22-14(12)9(2)24)10-6-5-7-11(20)15(10)21-18(19)27/h5-7,9,12-14,22,24H,3-4,8H2,1-2H3,(H,21,27)/t9?,12-,13-,14?,19?/m0/s1. The van der Waals surface area contributed by atoms with Crippen molar-refractivity contribution in [3.8, 4) is 0 Å². The average Bonchev–Trinajstić information content (AvgIpc) is 3.21. The number of hydrogen-bond acceptors (Lipinski definition) is 5. The summed E-state index contributed by atoms with van der Waals surface area (Å²) in [7, 11) is 0. The van der Waals surface area contributed by atoms with Crippen molar-refractivity contribution >= 4 is 35.0 Å². The number of aliphatic hydroxyl groups excluding tert-OH is 1. The first-order chi connectivity index (χ1) is 12.8. The van der Waals surface area contributed by atoms with Gasteiger partial charge in [-0.1, -0.05) is 37.1 Å². The minimum absolute atomic E-state index is 0.322. The van der Waals surface area contributed by atoms with E-state index in [1.165, 1.54) is 4.90 Å². The van der Waals surface area contributed by atoms with E-state index in [1.54, 1.807) is 25.1 Å². The quantitative estimate of drug-likeness (QED) is 0.671. The number of imide groups is 1. The molecule has 5 atom stereocenters. The molecule has 3 amide bonds. The third kappa shape index (κ3) is 2.31. The van der Waals surface area contributed by atoms with Crippen LogP contribution in [0, 0.1) is 11.8 Å². The lowest BCUT2D eigenvalue weighted by Crippen LogP contribution is -2.54. The molecule has 4 rings (SSSR count). The summed E-state index contributed by atoms with van der Waals surface area (Å²) in [5.41, 5.74) is -0.397. The summed E-state index contributed by atoms with van der Waals surface area (Å²) in [6.07, 6.45) is 0.635. The highest BCUT2D eigenvalue weighted by molar-refractivity contribution is 6.35. The van der Waals surface area contributed by atoms with Crippen molar-refractivity contribution in [2.75, 3.05) is 11.9 Å². The molecule has 3 aliphatic rings. The third-order valence-electron chi connectivity index (χ3n) is 5.98. The molecule has 0 bridgehead atoms. The minimum Gasteiger partial charge on any atom is -0.392 e. The van der Waals surface area contributed by atoms with Gasteiger partial charge in [-0.15, -0.1) is 0 Å².